The molecule has 1 unspecified atom stereocenters. The first-order valence-corrected chi connectivity index (χ1v) is 6.82. The van der Waals surface area contributed by atoms with Crippen molar-refractivity contribution in [3.63, 3.8) is 0 Å². The average molecular weight is 293 g/mol. The molecule has 0 amide bonds. The van der Waals surface area contributed by atoms with Crippen molar-refractivity contribution < 1.29 is 0 Å². The summed E-state index contributed by atoms with van der Waals surface area (Å²) in [6.07, 6.45) is 3.23. The molecule has 2 aromatic rings. The van der Waals surface area contributed by atoms with E-state index >= 15 is 0 Å². The van der Waals surface area contributed by atoms with E-state index in [4.69, 9.17) is 0 Å². The normalized spacial score (nSPS) is 19.9. The maximum Gasteiger partial charge on any atom is 0.261 e. The molecule has 1 atom stereocenters. The number of hydrogen-bond donors (Lipinski definition) is 0. The molecule has 4 heteroatoms. The molecule has 1 aliphatic rings. The summed E-state index contributed by atoms with van der Waals surface area (Å²) in [6, 6.07) is 7.57. The Kier molecular flexibility index (Phi) is 2.74. The molecule has 1 aromatic carbocycles. The van der Waals surface area contributed by atoms with Gasteiger partial charge in [0.15, 0.2) is 0 Å². The SMILES string of the molecule is O=c1c2ccccc2nc2n1CCCCC2Br. The van der Waals surface area contributed by atoms with Gasteiger partial charge in [-0.1, -0.05) is 34.5 Å². The Morgan fingerprint density at radius 1 is 1.29 bits per heavy atom. The largest absolute Gasteiger partial charge is 0.295 e. The van der Waals surface area contributed by atoms with E-state index < -0.39 is 0 Å². The van der Waals surface area contributed by atoms with Crippen molar-refractivity contribution in [3.8, 4) is 0 Å². The van der Waals surface area contributed by atoms with Crippen molar-refractivity contribution in [2.24, 2.45) is 0 Å². The Bertz CT molecular complexity index is 620. The number of hydrogen-bond acceptors (Lipinski definition) is 2. The highest BCUT2D eigenvalue weighted by Crippen LogP contribution is 2.29. The van der Waals surface area contributed by atoms with Crippen LogP contribution in [0.2, 0.25) is 0 Å². The van der Waals surface area contributed by atoms with Crippen LogP contribution in [-0.4, -0.2) is 9.55 Å². The van der Waals surface area contributed by atoms with Gasteiger partial charge in [0, 0.05) is 6.54 Å². The zero-order chi connectivity index (χ0) is 11.8. The van der Waals surface area contributed by atoms with Gasteiger partial charge in [-0.25, -0.2) is 4.98 Å². The second-order valence-corrected chi connectivity index (χ2v) is 5.51. The van der Waals surface area contributed by atoms with Gasteiger partial charge in [-0.05, 0) is 25.0 Å². The van der Waals surface area contributed by atoms with Gasteiger partial charge < -0.3 is 0 Å². The lowest BCUT2D eigenvalue weighted by Crippen LogP contribution is -2.24. The summed E-state index contributed by atoms with van der Waals surface area (Å²) >= 11 is 3.63. The van der Waals surface area contributed by atoms with Crippen LogP contribution in [0.5, 0.6) is 0 Å². The Morgan fingerprint density at radius 2 is 2.12 bits per heavy atom. The number of fused-ring (bicyclic) bond motifs is 2. The smallest absolute Gasteiger partial charge is 0.261 e. The standard InChI is InChI=1S/C13H13BrN2O/c14-10-6-3-4-8-16-12(10)15-11-7-2-1-5-9(11)13(16)17/h1-2,5,7,10H,3-4,6,8H2. The Hall–Kier alpha value is -1.16. The first-order chi connectivity index (χ1) is 8.27. The minimum absolute atomic E-state index is 0.0944. The van der Waals surface area contributed by atoms with Crippen LogP contribution in [0, 0.1) is 0 Å². The lowest BCUT2D eigenvalue weighted by molar-refractivity contribution is 0.614. The van der Waals surface area contributed by atoms with E-state index in [0.29, 0.717) is 0 Å². The van der Waals surface area contributed by atoms with Gasteiger partial charge in [-0.2, -0.15) is 0 Å². The molecule has 0 spiro atoms. The fourth-order valence-corrected chi connectivity index (χ4v) is 3.04. The molecule has 0 N–H and O–H groups in total. The minimum atomic E-state index is 0.0944. The highest BCUT2D eigenvalue weighted by Gasteiger charge is 2.19. The summed E-state index contributed by atoms with van der Waals surface area (Å²) in [4.78, 5) is 17.2. The van der Waals surface area contributed by atoms with Crippen LogP contribution in [0.15, 0.2) is 29.1 Å². The number of aromatic nitrogens is 2. The summed E-state index contributed by atoms with van der Waals surface area (Å²) in [5.74, 6) is 0.881. The predicted octanol–water partition coefficient (Wildman–Crippen LogP) is 3.02. The fourth-order valence-electron chi connectivity index (χ4n) is 2.36. The summed E-state index contributed by atoms with van der Waals surface area (Å²) in [5, 5.41) is 0.720. The van der Waals surface area contributed by atoms with Gasteiger partial charge in [0.25, 0.3) is 5.56 Å². The highest BCUT2D eigenvalue weighted by atomic mass is 79.9. The van der Waals surface area contributed by atoms with E-state index in [9.17, 15) is 4.79 Å². The third-order valence-electron chi connectivity index (χ3n) is 3.26. The molecule has 1 aliphatic heterocycles. The van der Waals surface area contributed by atoms with Gasteiger partial charge in [-0.3, -0.25) is 9.36 Å². The number of rotatable bonds is 0. The molecule has 3 rings (SSSR count). The molecule has 0 saturated heterocycles. The Labute approximate surface area is 108 Å². The maximum absolute atomic E-state index is 12.4. The van der Waals surface area contributed by atoms with Crippen LogP contribution in [-0.2, 0) is 6.54 Å². The minimum Gasteiger partial charge on any atom is -0.295 e. The molecule has 0 aliphatic carbocycles. The third kappa shape index (κ3) is 1.80. The molecule has 0 radical (unpaired) electrons. The molecule has 3 nitrogen and oxygen atoms in total. The van der Waals surface area contributed by atoms with Gasteiger partial charge in [-0.15, -0.1) is 0 Å². The van der Waals surface area contributed by atoms with Crippen molar-refractivity contribution in [2.45, 2.75) is 30.6 Å². The quantitative estimate of drug-likeness (QED) is 0.700. The van der Waals surface area contributed by atoms with Crippen LogP contribution in [0.3, 0.4) is 0 Å². The number of halogens is 1. The van der Waals surface area contributed by atoms with E-state index in [1.165, 1.54) is 0 Å². The van der Waals surface area contributed by atoms with E-state index in [1.807, 2.05) is 28.8 Å². The monoisotopic (exact) mass is 292 g/mol. The maximum atomic E-state index is 12.4. The lowest BCUT2D eigenvalue weighted by Gasteiger charge is -2.12. The summed E-state index contributed by atoms with van der Waals surface area (Å²) in [6.45, 7) is 0.786. The van der Waals surface area contributed by atoms with Crippen LogP contribution < -0.4 is 5.56 Å². The van der Waals surface area contributed by atoms with Crippen molar-refractivity contribution >= 4 is 26.8 Å². The number of nitrogens with zero attached hydrogens (tertiary/aromatic N) is 2. The predicted molar refractivity (Wildman–Crippen MR) is 71.5 cm³/mol. The van der Waals surface area contributed by atoms with Gasteiger partial charge >= 0.3 is 0 Å². The highest BCUT2D eigenvalue weighted by molar-refractivity contribution is 9.09. The number of benzene rings is 1. The summed E-state index contributed by atoms with van der Waals surface area (Å²) in [5.41, 5.74) is 0.895. The molecule has 1 aromatic heterocycles. The van der Waals surface area contributed by atoms with Crippen molar-refractivity contribution in [3.05, 3.63) is 40.4 Å². The number of alkyl halides is 1. The summed E-state index contributed by atoms with van der Waals surface area (Å²) < 4.78 is 1.83. The third-order valence-corrected chi connectivity index (χ3v) is 4.13. The van der Waals surface area contributed by atoms with E-state index in [0.717, 1.165) is 42.5 Å². The first kappa shape index (κ1) is 11.0. The van der Waals surface area contributed by atoms with Crippen LogP contribution in [0.25, 0.3) is 10.9 Å². The zero-order valence-corrected chi connectivity index (χ0v) is 11.0. The molecule has 0 saturated carbocycles. The molecular weight excluding hydrogens is 280 g/mol. The first-order valence-electron chi connectivity index (χ1n) is 5.91. The van der Waals surface area contributed by atoms with Gasteiger partial charge in [0.05, 0.1) is 15.7 Å². The van der Waals surface area contributed by atoms with Crippen LogP contribution >= 0.6 is 15.9 Å². The van der Waals surface area contributed by atoms with E-state index in [2.05, 4.69) is 20.9 Å². The fraction of sp³-hybridized carbons (Fsp3) is 0.385. The van der Waals surface area contributed by atoms with Gasteiger partial charge in [0.1, 0.15) is 5.82 Å². The molecule has 0 bridgehead atoms. The van der Waals surface area contributed by atoms with E-state index in [1.54, 1.807) is 0 Å². The van der Waals surface area contributed by atoms with E-state index in [-0.39, 0.29) is 10.4 Å². The van der Waals surface area contributed by atoms with Crippen molar-refractivity contribution in [2.75, 3.05) is 0 Å². The molecule has 17 heavy (non-hydrogen) atoms. The second-order valence-electron chi connectivity index (χ2n) is 4.41. The van der Waals surface area contributed by atoms with Crippen molar-refractivity contribution in [1.82, 2.24) is 9.55 Å². The molecule has 0 fully saturated rings. The molecule has 88 valence electrons. The van der Waals surface area contributed by atoms with Gasteiger partial charge in [0.2, 0.25) is 0 Å². The topological polar surface area (TPSA) is 34.9 Å². The second kappa shape index (κ2) is 4.26. The average Bonchev–Trinajstić information content (AvgIpc) is 2.53. The molecular formula is C13H13BrN2O. The summed E-state index contributed by atoms with van der Waals surface area (Å²) in [7, 11) is 0. The molecule has 2 heterocycles. The van der Waals surface area contributed by atoms with Crippen molar-refractivity contribution in [1.29, 1.82) is 0 Å². The van der Waals surface area contributed by atoms with Crippen LogP contribution in [0.4, 0.5) is 0 Å². The lowest BCUT2D eigenvalue weighted by atomic mass is 10.2. The Balaban J connectivity index is 2.36. The Morgan fingerprint density at radius 3 is 3.00 bits per heavy atom. The zero-order valence-electron chi connectivity index (χ0n) is 9.40. The van der Waals surface area contributed by atoms with Crippen LogP contribution in [0.1, 0.15) is 29.9 Å². The number of para-hydroxylation sites is 1.